The lowest BCUT2D eigenvalue weighted by Gasteiger charge is -2.14. The van der Waals surface area contributed by atoms with E-state index < -0.39 is 0 Å². The Bertz CT molecular complexity index is 825. The lowest BCUT2D eigenvalue weighted by molar-refractivity contribution is -0.0204. The number of hydrogen-bond donors (Lipinski definition) is 2. The van der Waals surface area contributed by atoms with Crippen LogP contribution in [0.4, 0.5) is 5.82 Å². The fraction of sp³-hybridized carbons (Fsp3) is 0.444. The fourth-order valence-corrected chi connectivity index (χ4v) is 2.88. The SMILES string of the molecule is C#CCCCC#Cc1cn([C@H]2CC[C@@H](CO)O2)c2ncnc(N)c12. The van der Waals surface area contributed by atoms with Crippen LogP contribution in [0.3, 0.4) is 0 Å². The van der Waals surface area contributed by atoms with Crippen molar-refractivity contribution in [3.63, 3.8) is 0 Å². The standard InChI is InChI=1S/C18H20N4O2/c1-2-3-4-5-6-7-13-10-22(15-9-8-14(11-23)24-15)18-16(13)17(19)20-12-21-18/h1,10,12,14-15,23H,3-5,8-9,11H2,(H2,19,20,21)/t14-,15+/m0/s1. The van der Waals surface area contributed by atoms with Crippen LogP contribution in [0.25, 0.3) is 11.0 Å². The number of aliphatic hydroxyl groups is 1. The van der Waals surface area contributed by atoms with Gasteiger partial charge in [0.25, 0.3) is 0 Å². The van der Waals surface area contributed by atoms with Crippen molar-refractivity contribution in [2.75, 3.05) is 12.3 Å². The van der Waals surface area contributed by atoms with Gasteiger partial charge in [0.2, 0.25) is 0 Å². The number of nitrogens with two attached hydrogens (primary N) is 1. The Morgan fingerprint density at radius 2 is 2.25 bits per heavy atom. The minimum Gasteiger partial charge on any atom is -0.394 e. The molecule has 0 spiro atoms. The van der Waals surface area contributed by atoms with Crippen molar-refractivity contribution in [1.82, 2.24) is 14.5 Å². The highest BCUT2D eigenvalue weighted by Gasteiger charge is 2.28. The summed E-state index contributed by atoms with van der Waals surface area (Å²) in [6.45, 7) is 0.0225. The zero-order chi connectivity index (χ0) is 16.9. The molecule has 1 aliphatic rings. The quantitative estimate of drug-likeness (QED) is 0.662. The van der Waals surface area contributed by atoms with Crippen molar-refractivity contribution in [3.05, 3.63) is 18.1 Å². The lowest BCUT2D eigenvalue weighted by atomic mass is 10.2. The second kappa shape index (κ2) is 7.35. The third-order valence-electron chi connectivity index (χ3n) is 4.08. The highest BCUT2D eigenvalue weighted by Crippen LogP contribution is 2.33. The Morgan fingerprint density at radius 1 is 1.38 bits per heavy atom. The summed E-state index contributed by atoms with van der Waals surface area (Å²) in [5.41, 5.74) is 7.53. The third-order valence-corrected chi connectivity index (χ3v) is 4.08. The molecule has 3 N–H and O–H groups in total. The van der Waals surface area contributed by atoms with E-state index in [0.717, 1.165) is 43.1 Å². The fourth-order valence-electron chi connectivity index (χ4n) is 2.88. The topological polar surface area (TPSA) is 86.2 Å². The number of rotatable bonds is 4. The van der Waals surface area contributed by atoms with Crippen molar-refractivity contribution >= 4 is 16.9 Å². The van der Waals surface area contributed by atoms with E-state index in [1.165, 1.54) is 6.33 Å². The van der Waals surface area contributed by atoms with E-state index in [-0.39, 0.29) is 18.9 Å². The molecule has 0 aliphatic carbocycles. The van der Waals surface area contributed by atoms with Gasteiger partial charge in [-0.15, -0.1) is 12.3 Å². The van der Waals surface area contributed by atoms with Gasteiger partial charge in [-0.2, -0.15) is 0 Å². The maximum Gasteiger partial charge on any atom is 0.148 e. The van der Waals surface area contributed by atoms with Crippen LogP contribution in [0.15, 0.2) is 12.5 Å². The second-order valence-corrected chi connectivity index (χ2v) is 5.74. The molecule has 0 aromatic carbocycles. The average molecular weight is 324 g/mol. The maximum atomic E-state index is 9.26. The van der Waals surface area contributed by atoms with Crippen LogP contribution in [0.2, 0.25) is 0 Å². The Morgan fingerprint density at radius 3 is 3.00 bits per heavy atom. The maximum absolute atomic E-state index is 9.26. The molecule has 1 saturated heterocycles. The molecule has 2 aromatic rings. The third kappa shape index (κ3) is 3.21. The number of nitrogen functional groups attached to an aromatic ring is 1. The number of ether oxygens (including phenoxy) is 1. The number of hydrogen-bond acceptors (Lipinski definition) is 5. The van der Waals surface area contributed by atoms with Crippen molar-refractivity contribution in [2.24, 2.45) is 0 Å². The smallest absolute Gasteiger partial charge is 0.148 e. The molecule has 1 fully saturated rings. The molecule has 124 valence electrons. The van der Waals surface area contributed by atoms with Gasteiger partial charge in [0.1, 0.15) is 24.0 Å². The largest absolute Gasteiger partial charge is 0.394 e. The van der Waals surface area contributed by atoms with E-state index >= 15 is 0 Å². The van der Waals surface area contributed by atoms with E-state index in [9.17, 15) is 5.11 Å². The molecular weight excluding hydrogens is 304 g/mol. The number of aromatic nitrogens is 3. The van der Waals surface area contributed by atoms with Crippen LogP contribution < -0.4 is 5.73 Å². The van der Waals surface area contributed by atoms with Gasteiger partial charge in [0.15, 0.2) is 0 Å². The van der Waals surface area contributed by atoms with Crippen molar-refractivity contribution in [1.29, 1.82) is 0 Å². The number of terminal acetylenes is 1. The van der Waals surface area contributed by atoms with Gasteiger partial charge < -0.3 is 20.1 Å². The van der Waals surface area contributed by atoms with Gasteiger partial charge in [-0.05, 0) is 19.3 Å². The number of nitrogens with zero attached hydrogens (tertiary/aromatic N) is 3. The summed E-state index contributed by atoms with van der Waals surface area (Å²) in [5, 5.41) is 10.0. The molecule has 3 heterocycles. The monoisotopic (exact) mass is 324 g/mol. The van der Waals surface area contributed by atoms with Crippen molar-refractivity contribution in [2.45, 2.75) is 44.4 Å². The minimum absolute atomic E-state index is 0.0225. The normalized spacial score (nSPS) is 19.8. The highest BCUT2D eigenvalue weighted by atomic mass is 16.5. The molecule has 0 bridgehead atoms. The Kier molecular flexibility index (Phi) is 5.00. The van der Waals surface area contributed by atoms with Gasteiger partial charge in [-0.1, -0.05) is 11.8 Å². The molecule has 6 nitrogen and oxygen atoms in total. The summed E-state index contributed by atoms with van der Waals surface area (Å²) in [4.78, 5) is 8.43. The van der Waals surface area contributed by atoms with Gasteiger partial charge in [-0.3, -0.25) is 0 Å². The summed E-state index contributed by atoms with van der Waals surface area (Å²) in [7, 11) is 0. The number of fused-ring (bicyclic) bond motifs is 1. The van der Waals surface area contributed by atoms with Crippen LogP contribution in [0.5, 0.6) is 0 Å². The van der Waals surface area contributed by atoms with E-state index in [4.69, 9.17) is 16.9 Å². The number of unbranched alkanes of at least 4 members (excludes halogenated alkanes) is 2. The van der Waals surface area contributed by atoms with Crippen LogP contribution in [0.1, 0.15) is 43.9 Å². The molecule has 0 amide bonds. The van der Waals surface area contributed by atoms with E-state index in [0.29, 0.717) is 11.5 Å². The van der Waals surface area contributed by atoms with E-state index in [1.54, 1.807) is 0 Å². The van der Waals surface area contributed by atoms with Gasteiger partial charge in [-0.25, -0.2) is 9.97 Å². The Hall–Kier alpha value is -2.54. The first-order chi connectivity index (χ1) is 11.7. The molecule has 2 aromatic heterocycles. The first-order valence-corrected chi connectivity index (χ1v) is 8.04. The molecule has 1 aliphatic heterocycles. The first kappa shape index (κ1) is 16.3. The number of aliphatic hydroxyl groups excluding tert-OH is 1. The van der Waals surface area contributed by atoms with Gasteiger partial charge in [0, 0.05) is 19.0 Å². The van der Waals surface area contributed by atoms with Gasteiger partial charge >= 0.3 is 0 Å². The van der Waals surface area contributed by atoms with Crippen molar-refractivity contribution < 1.29 is 9.84 Å². The molecule has 0 unspecified atom stereocenters. The highest BCUT2D eigenvalue weighted by molar-refractivity contribution is 5.92. The van der Waals surface area contributed by atoms with Crippen molar-refractivity contribution in [3.8, 4) is 24.2 Å². The molecule has 0 radical (unpaired) electrons. The molecule has 6 heteroatoms. The molecule has 0 saturated carbocycles. The summed E-state index contributed by atoms with van der Waals surface area (Å²) in [6, 6.07) is 0. The Balaban J connectivity index is 1.94. The van der Waals surface area contributed by atoms with Crippen LogP contribution in [-0.2, 0) is 4.74 Å². The molecule has 3 rings (SSSR count). The number of anilines is 1. The predicted molar refractivity (Wildman–Crippen MR) is 91.7 cm³/mol. The lowest BCUT2D eigenvalue weighted by Crippen LogP contribution is -2.14. The zero-order valence-electron chi connectivity index (χ0n) is 13.4. The summed E-state index contributed by atoms with van der Waals surface area (Å²) < 4.78 is 7.80. The summed E-state index contributed by atoms with van der Waals surface area (Å²) in [5.74, 6) is 9.29. The minimum atomic E-state index is -0.170. The Labute approximate surface area is 141 Å². The molecular formula is C18H20N4O2. The summed E-state index contributed by atoms with van der Waals surface area (Å²) in [6.07, 6.45) is 12.2. The summed E-state index contributed by atoms with van der Waals surface area (Å²) >= 11 is 0. The van der Waals surface area contributed by atoms with Crippen LogP contribution in [-0.4, -0.2) is 32.4 Å². The second-order valence-electron chi connectivity index (χ2n) is 5.74. The molecule has 24 heavy (non-hydrogen) atoms. The van der Waals surface area contributed by atoms with Crippen LogP contribution >= 0.6 is 0 Å². The van der Waals surface area contributed by atoms with Gasteiger partial charge in [0.05, 0.1) is 23.7 Å². The average Bonchev–Trinajstić information content (AvgIpc) is 3.20. The predicted octanol–water partition coefficient (Wildman–Crippen LogP) is 1.84. The van der Waals surface area contributed by atoms with E-state index in [2.05, 4.69) is 27.7 Å². The zero-order valence-corrected chi connectivity index (χ0v) is 13.4. The first-order valence-electron chi connectivity index (χ1n) is 8.04. The molecule has 2 atom stereocenters. The van der Waals surface area contributed by atoms with E-state index in [1.807, 2.05) is 10.8 Å². The van der Waals surface area contributed by atoms with Crippen LogP contribution in [0, 0.1) is 24.2 Å².